The molecule has 1 unspecified atom stereocenters. The van der Waals surface area contributed by atoms with Crippen molar-refractivity contribution in [3.05, 3.63) is 0 Å². The maximum atomic E-state index is 11.1. The van der Waals surface area contributed by atoms with Gasteiger partial charge in [0.15, 0.2) is 5.60 Å². The van der Waals surface area contributed by atoms with Gasteiger partial charge >= 0.3 is 144 Å². The first-order valence-electron chi connectivity index (χ1n) is 4.65. The molecule has 0 saturated heterocycles. The Bertz CT molecular complexity index is 457. The van der Waals surface area contributed by atoms with Gasteiger partial charge in [-0.2, -0.15) is 0 Å². The van der Waals surface area contributed by atoms with E-state index in [0.717, 1.165) is 0 Å². The molecule has 0 aliphatic rings. The van der Waals surface area contributed by atoms with Gasteiger partial charge in [0, 0.05) is 0 Å². The number of carbonyl (C=O) groups is 3. The molecule has 1 atom stereocenters. The molecule has 0 amide bonds. The minimum absolute atomic E-state index is 0. The van der Waals surface area contributed by atoms with E-state index < -0.39 is 51.5 Å². The Balaban J connectivity index is -0.000000602. The molecule has 0 aromatic heterocycles. The third-order valence-electron chi connectivity index (χ3n) is 1.81. The molecular formula is C6H13BKNa2O12P. The summed E-state index contributed by atoms with van der Waals surface area (Å²) in [5.74, 6) is -5.66. The van der Waals surface area contributed by atoms with Crippen molar-refractivity contribution >= 4 is 144 Å². The van der Waals surface area contributed by atoms with Crippen LogP contribution in [0.15, 0.2) is 0 Å². The first kappa shape index (κ1) is 32.8. The summed E-state index contributed by atoms with van der Waals surface area (Å²) in [6, 6.07) is 0. The summed E-state index contributed by atoms with van der Waals surface area (Å²) in [6.07, 6.45) is -2.87. The van der Waals surface area contributed by atoms with Gasteiger partial charge in [0.1, 0.15) is 0 Å². The van der Waals surface area contributed by atoms with Crippen LogP contribution in [0, 0.1) is 0 Å². The van der Waals surface area contributed by atoms with Gasteiger partial charge in [-0.25, -0.2) is 9.36 Å². The molecule has 0 radical (unpaired) electrons. The third-order valence-corrected chi connectivity index (χ3v) is 2.25. The molecule has 0 bridgehead atoms. The Kier molecular flexibility index (Phi) is 20.3. The molecule has 0 aliphatic heterocycles. The van der Waals surface area contributed by atoms with E-state index in [2.05, 4.69) is 9.18 Å². The van der Waals surface area contributed by atoms with Gasteiger partial charge in [0.2, 0.25) is 0 Å². The number of aliphatic carboxylic acids is 2. The molecule has 0 saturated carbocycles. The van der Waals surface area contributed by atoms with Crippen molar-refractivity contribution in [3.8, 4) is 0 Å². The molecule has 17 heteroatoms. The topological polar surface area (TPSA) is 208 Å². The van der Waals surface area contributed by atoms with Gasteiger partial charge in [-0.3, -0.25) is 19.4 Å². The van der Waals surface area contributed by atoms with Crippen LogP contribution in [0.2, 0.25) is 0 Å². The molecule has 0 aliphatic carbocycles. The number of phosphoric ester groups is 1. The van der Waals surface area contributed by atoms with Crippen LogP contribution < -0.4 is 0 Å². The second-order valence-electron chi connectivity index (χ2n) is 3.44. The average molecular weight is 404 g/mol. The van der Waals surface area contributed by atoms with Crippen LogP contribution in [0.25, 0.3) is 0 Å². The van der Waals surface area contributed by atoms with Crippen LogP contribution in [0.3, 0.4) is 0 Å². The van der Waals surface area contributed by atoms with Gasteiger partial charge in [-0.1, -0.05) is 0 Å². The number of carbonyl (C=O) groups excluding carboxylic acids is 1. The monoisotopic (exact) mass is 404 g/mol. The summed E-state index contributed by atoms with van der Waals surface area (Å²) in [6.45, 7) is 0. The normalized spacial score (nSPS) is 12.3. The van der Waals surface area contributed by atoms with Crippen molar-refractivity contribution in [1.82, 2.24) is 0 Å². The van der Waals surface area contributed by atoms with E-state index in [4.69, 9.17) is 30.0 Å². The quantitative estimate of drug-likeness (QED) is 0.167. The van der Waals surface area contributed by atoms with Gasteiger partial charge in [0.25, 0.3) is 0 Å². The van der Waals surface area contributed by atoms with Crippen molar-refractivity contribution in [2.45, 2.75) is 18.4 Å². The first-order valence-corrected chi connectivity index (χ1v) is 6.18. The summed E-state index contributed by atoms with van der Waals surface area (Å²) < 4.78 is 18.0. The van der Waals surface area contributed by atoms with Crippen molar-refractivity contribution < 1.29 is 58.2 Å². The number of hydrogen-bond acceptors (Lipinski definition) is 8. The van der Waals surface area contributed by atoms with Crippen LogP contribution in [-0.2, 0) is 28.1 Å². The van der Waals surface area contributed by atoms with Crippen LogP contribution >= 0.6 is 7.82 Å². The molecule has 0 aromatic rings. The van der Waals surface area contributed by atoms with Gasteiger partial charge in [0.05, 0.1) is 12.8 Å². The fourth-order valence-electron chi connectivity index (χ4n) is 1.19. The Hall–Kier alpha value is 2.14. The zero-order chi connectivity index (χ0) is 16.1. The predicted molar refractivity (Wildman–Crippen MR) is 78.1 cm³/mol. The SMILES string of the molecule is O=C(O)CC(CC(=O)OP(=O)(O)O)(OB(O)O)C(=O)O.[KH].[NaH].[NaH]. The molecule has 0 heterocycles. The van der Waals surface area contributed by atoms with E-state index in [0.29, 0.717) is 0 Å². The third kappa shape index (κ3) is 14.9. The Labute approximate surface area is 216 Å². The Morgan fingerprint density at radius 2 is 1.48 bits per heavy atom. The van der Waals surface area contributed by atoms with Crippen LogP contribution in [0.4, 0.5) is 0 Å². The second kappa shape index (κ2) is 14.2. The van der Waals surface area contributed by atoms with Crippen molar-refractivity contribution in [1.29, 1.82) is 0 Å². The molecule has 0 spiro atoms. The van der Waals surface area contributed by atoms with Crippen LogP contribution in [0.5, 0.6) is 0 Å². The number of phosphoric acid groups is 1. The number of hydrogen-bond donors (Lipinski definition) is 6. The number of rotatable bonds is 8. The van der Waals surface area contributed by atoms with E-state index in [1.807, 2.05) is 0 Å². The molecular weight excluding hydrogens is 391 g/mol. The fourth-order valence-corrected chi connectivity index (χ4v) is 1.52. The van der Waals surface area contributed by atoms with E-state index in [9.17, 15) is 18.9 Å². The van der Waals surface area contributed by atoms with Gasteiger partial charge < -0.3 is 29.4 Å². The maximum absolute atomic E-state index is 11.1. The average Bonchev–Trinajstić information content (AvgIpc) is 2.10. The summed E-state index contributed by atoms with van der Waals surface area (Å²) in [5, 5.41) is 34.5. The summed E-state index contributed by atoms with van der Waals surface area (Å²) in [4.78, 5) is 49.4. The second-order valence-corrected chi connectivity index (χ2v) is 4.61. The summed E-state index contributed by atoms with van der Waals surface area (Å²) >= 11 is 0. The molecule has 6 N–H and O–H groups in total. The number of carboxylic acid groups (broad SMARTS) is 2. The number of carboxylic acids is 2. The molecule has 0 fully saturated rings. The van der Waals surface area contributed by atoms with Gasteiger partial charge in [-0.15, -0.1) is 0 Å². The summed E-state index contributed by atoms with van der Waals surface area (Å²) in [7, 11) is -8.02. The van der Waals surface area contributed by atoms with E-state index in [-0.39, 0.29) is 110 Å². The molecule has 23 heavy (non-hydrogen) atoms. The summed E-state index contributed by atoms with van der Waals surface area (Å²) in [5.41, 5.74) is -2.97. The van der Waals surface area contributed by atoms with Gasteiger partial charge in [-0.05, 0) is 0 Å². The zero-order valence-corrected chi connectivity index (χ0v) is 10.5. The Morgan fingerprint density at radius 3 is 1.74 bits per heavy atom. The van der Waals surface area contributed by atoms with Crippen LogP contribution in [0.1, 0.15) is 12.8 Å². The van der Waals surface area contributed by atoms with E-state index in [1.54, 1.807) is 0 Å². The van der Waals surface area contributed by atoms with E-state index >= 15 is 0 Å². The predicted octanol–water partition coefficient (Wildman–Crippen LogP) is -4.65. The van der Waals surface area contributed by atoms with Crippen molar-refractivity contribution in [2.24, 2.45) is 0 Å². The van der Waals surface area contributed by atoms with Crippen molar-refractivity contribution in [3.63, 3.8) is 0 Å². The van der Waals surface area contributed by atoms with E-state index in [1.165, 1.54) is 0 Å². The first-order chi connectivity index (χ1) is 8.88. The minimum atomic E-state index is -5.28. The Morgan fingerprint density at radius 1 is 1.04 bits per heavy atom. The van der Waals surface area contributed by atoms with Crippen molar-refractivity contribution in [2.75, 3.05) is 0 Å². The standard InChI is InChI=1S/C6H10BO12P.K.2Na.3H/c8-3(9)1-6(5(11)12,19-7(13)14)2-4(10)18-20(15,16)17;;;;;;/h13-14H,1-2H2,(H,8,9)(H,11,12)(H2,15,16,17);;;;;;. The zero-order valence-electron chi connectivity index (χ0n) is 9.57. The molecule has 0 rings (SSSR count). The fraction of sp³-hybridized carbons (Fsp3) is 0.500. The molecule has 12 nitrogen and oxygen atoms in total. The van der Waals surface area contributed by atoms with Crippen LogP contribution in [-0.4, -0.2) is 171 Å². The molecule has 0 aromatic carbocycles. The molecule has 120 valence electrons.